The van der Waals surface area contributed by atoms with E-state index in [1.165, 1.54) is 7.11 Å². The molecule has 0 unspecified atom stereocenters. The van der Waals surface area contributed by atoms with Gasteiger partial charge in [-0.3, -0.25) is 0 Å². The van der Waals surface area contributed by atoms with Crippen LogP contribution in [0.2, 0.25) is 0 Å². The smallest absolute Gasteiger partial charge is 0.511 e. The second-order valence-corrected chi connectivity index (χ2v) is 2.85. The number of pyridine rings is 1. The predicted molar refractivity (Wildman–Crippen MR) is 51.1 cm³/mol. The van der Waals surface area contributed by atoms with Gasteiger partial charge < -0.3 is 19.4 Å². The first-order valence-electron chi connectivity index (χ1n) is 4.09. The van der Waals surface area contributed by atoms with Crippen molar-refractivity contribution in [3.8, 4) is 11.6 Å². The molecule has 6 heteroatoms. The lowest BCUT2D eigenvalue weighted by molar-refractivity contribution is 0.285. The summed E-state index contributed by atoms with van der Waals surface area (Å²) < 4.78 is 9.78. The van der Waals surface area contributed by atoms with Gasteiger partial charge in [0, 0.05) is 11.8 Å². The second kappa shape index (κ2) is 4.30. The number of methoxy groups -OCH3 is 1. The third kappa shape index (κ3) is 2.15. The summed E-state index contributed by atoms with van der Waals surface area (Å²) in [5.74, 6) is 0.790. The monoisotopic (exact) mass is 197 g/mol. The molecule has 0 aliphatic rings. The number of rotatable bonds is 3. The van der Waals surface area contributed by atoms with Gasteiger partial charge in [0.1, 0.15) is 5.75 Å². The molecule has 2 N–H and O–H groups in total. The minimum absolute atomic E-state index is 0.381. The van der Waals surface area contributed by atoms with Gasteiger partial charge in [-0.05, 0) is 13.8 Å². The van der Waals surface area contributed by atoms with Gasteiger partial charge in [-0.2, -0.15) is 0 Å². The van der Waals surface area contributed by atoms with Crippen molar-refractivity contribution in [2.75, 3.05) is 7.11 Å². The highest BCUT2D eigenvalue weighted by Gasteiger charge is 2.17. The minimum atomic E-state index is -1.83. The highest BCUT2D eigenvalue weighted by molar-refractivity contribution is 6.33. The van der Waals surface area contributed by atoms with Crippen molar-refractivity contribution in [2.24, 2.45) is 0 Å². The van der Waals surface area contributed by atoms with Gasteiger partial charge in [-0.1, -0.05) is 0 Å². The average molecular weight is 197 g/mol. The van der Waals surface area contributed by atoms with Crippen LogP contribution in [0.5, 0.6) is 11.6 Å². The molecule has 14 heavy (non-hydrogen) atoms. The van der Waals surface area contributed by atoms with Crippen LogP contribution in [0.25, 0.3) is 0 Å². The number of nitrogens with zero attached hydrogens (tertiary/aromatic N) is 1. The van der Waals surface area contributed by atoms with Gasteiger partial charge in [0.25, 0.3) is 0 Å². The molecule has 1 aromatic heterocycles. The maximum absolute atomic E-state index is 8.69. The molecule has 1 heterocycles. The largest absolute Gasteiger partial charge is 0.707 e. The van der Waals surface area contributed by atoms with Crippen molar-refractivity contribution in [3.05, 3.63) is 17.3 Å². The molecular formula is C8H12BNO4. The van der Waals surface area contributed by atoms with E-state index in [1.54, 1.807) is 20.0 Å². The summed E-state index contributed by atoms with van der Waals surface area (Å²) in [4.78, 5) is 4.00. The molecule has 76 valence electrons. The Kier molecular flexibility index (Phi) is 3.32. The van der Waals surface area contributed by atoms with E-state index in [2.05, 4.69) is 4.98 Å². The lowest BCUT2D eigenvalue weighted by atomic mass is 10.1. The maximum Gasteiger partial charge on any atom is 0.707 e. The molecule has 0 atom stereocenters. The first kappa shape index (κ1) is 10.8. The first-order valence-corrected chi connectivity index (χ1v) is 4.09. The van der Waals surface area contributed by atoms with Crippen molar-refractivity contribution in [2.45, 2.75) is 13.8 Å². The van der Waals surface area contributed by atoms with Gasteiger partial charge in [0.2, 0.25) is 5.88 Å². The Morgan fingerprint density at radius 1 is 1.36 bits per heavy atom. The van der Waals surface area contributed by atoms with Crippen LogP contribution in [0.1, 0.15) is 11.1 Å². The fourth-order valence-corrected chi connectivity index (χ4v) is 1.20. The van der Waals surface area contributed by atoms with Crippen LogP contribution in [0.3, 0.4) is 0 Å². The van der Waals surface area contributed by atoms with E-state index >= 15 is 0 Å². The summed E-state index contributed by atoms with van der Waals surface area (Å²) in [6, 6.07) is 0. The zero-order chi connectivity index (χ0) is 10.7. The Morgan fingerprint density at radius 2 is 2.00 bits per heavy atom. The number of aromatic nitrogens is 1. The summed E-state index contributed by atoms with van der Waals surface area (Å²) in [5, 5.41) is 17.4. The number of hydrogen-bond donors (Lipinski definition) is 2. The lowest BCUT2D eigenvalue weighted by Gasteiger charge is -2.13. The highest BCUT2D eigenvalue weighted by atomic mass is 16.6. The minimum Gasteiger partial charge on any atom is -0.511 e. The molecule has 0 amide bonds. The zero-order valence-electron chi connectivity index (χ0n) is 8.31. The fourth-order valence-electron chi connectivity index (χ4n) is 1.20. The highest BCUT2D eigenvalue weighted by Crippen LogP contribution is 2.28. The molecule has 5 nitrogen and oxygen atoms in total. The van der Waals surface area contributed by atoms with E-state index < -0.39 is 7.32 Å². The molecule has 0 bridgehead atoms. The molecule has 0 aromatic carbocycles. The normalized spacial score (nSPS) is 9.79. The molecule has 0 radical (unpaired) electrons. The molecular weight excluding hydrogens is 185 g/mol. The van der Waals surface area contributed by atoms with Crippen LogP contribution >= 0.6 is 0 Å². The lowest BCUT2D eigenvalue weighted by Crippen LogP contribution is -2.21. The van der Waals surface area contributed by atoms with Gasteiger partial charge in [0.15, 0.2) is 0 Å². The van der Waals surface area contributed by atoms with Gasteiger partial charge in [-0.25, -0.2) is 4.98 Å². The SMILES string of the molecule is COc1ncc(C)c(OB(O)O)c1C. The van der Waals surface area contributed by atoms with Gasteiger partial charge >= 0.3 is 7.32 Å². The topological polar surface area (TPSA) is 71.8 Å². The second-order valence-electron chi connectivity index (χ2n) is 2.85. The first-order chi connectivity index (χ1) is 6.56. The van der Waals surface area contributed by atoms with E-state index in [0.717, 1.165) is 5.56 Å². The van der Waals surface area contributed by atoms with E-state index in [-0.39, 0.29) is 0 Å². The quantitative estimate of drug-likeness (QED) is 0.670. The van der Waals surface area contributed by atoms with Crippen LogP contribution in [0, 0.1) is 13.8 Å². The summed E-state index contributed by atoms with van der Waals surface area (Å²) >= 11 is 0. The third-order valence-corrected chi connectivity index (χ3v) is 1.81. The predicted octanol–water partition coefficient (Wildman–Crippen LogP) is 0.0553. The van der Waals surface area contributed by atoms with Gasteiger partial charge in [0.05, 0.1) is 12.7 Å². The number of hydrogen-bond acceptors (Lipinski definition) is 5. The summed E-state index contributed by atoms with van der Waals surface area (Å²) in [5.41, 5.74) is 1.36. The number of ether oxygens (including phenoxy) is 1. The third-order valence-electron chi connectivity index (χ3n) is 1.81. The summed E-state index contributed by atoms with van der Waals surface area (Å²) in [6.45, 7) is 3.49. The Labute approximate surface area is 82.5 Å². The number of aryl methyl sites for hydroxylation is 1. The molecule has 0 fully saturated rings. The molecule has 1 rings (SSSR count). The Balaban J connectivity index is 3.11. The summed E-state index contributed by atoms with van der Waals surface area (Å²) in [6.07, 6.45) is 1.55. The van der Waals surface area contributed by atoms with E-state index in [4.69, 9.17) is 19.4 Å². The van der Waals surface area contributed by atoms with E-state index in [1.807, 2.05) is 0 Å². The summed E-state index contributed by atoms with van der Waals surface area (Å²) in [7, 11) is -0.344. The molecule has 0 saturated heterocycles. The maximum atomic E-state index is 8.69. The molecule has 1 aromatic rings. The van der Waals surface area contributed by atoms with E-state index in [9.17, 15) is 0 Å². The van der Waals surface area contributed by atoms with Crippen molar-refractivity contribution in [3.63, 3.8) is 0 Å². The zero-order valence-corrected chi connectivity index (χ0v) is 8.31. The Hall–Kier alpha value is -1.27. The average Bonchev–Trinajstić information content (AvgIpc) is 2.12. The van der Waals surface area contributed by atoms with Crippen LogP contribution in [0.15, 0.2) is 6.20 Å². The molecule has 0 aliphatic carbocycles. The van der Waals surface area contributed by atoms with E-state index in [0.29, 0.717) is 17.2 Å². The Bertz CT molecular complexity index is 329. The van der Waals surface area contributed by atoms with Crippen LogP contribution in [-0.4, -0.2) is 29.5 Å². The fraction of sp³-hybridized carbons (Fsp3) is 0.375. The Morgan fingerprint density at radius 3 is 2.50 bits per heavy atom. The van der Waals surface area contributed by atoms with Crippen molar-refractivity contribution < 1.29 is 19.4 Å². The van der Waals surface area contributed by atoms with Crippen LogP contribution < -0.4 is 9.39 Å². The molecule has 0 aliphatic heterocycles. The molecule has 0 spiro atoms. The molecule has 0 saturated carbocycles. The van der Waals surface area contributed by atoms with Crippen LogP contribution in [-0.2, 0) is 0 Å². The van der Waals surface area contributed by atoms with Crippen molar-refractivity contribution in [1.82, 2.24) is 4.98 Å². The van der Waals surface area contributed by atoms with Crippen molar-refractivity contribution >= 4 is 7.32 Å². The standard InChI is InChI=1S/C8H12BNO4/c1-5-4-10-8(13-3)6(2)7(5)14-9(11)12/h4,11-12H,1-3H3. The van der Waals surface area contributed by atoms with Crippen LogP contribution in [0.4, 0.5) is 0 Å². The van der Waals surface area contributed by atoms with Gasteiger partial charge in [-0.15, -0.1) is 0 Å². The van der Waals surface area contributed by atoms with Crippen molar-refractivity contribution in [1.29, 1.82) is 0 Å².